The van der Waals surface area contributed by atoms with Crippen molar-refractivity contribution < 1.29 is 19.0 Å². The van der Waals surface area contributed by atoms with Crippen LogP contribution in [0.3, 0.4) is 0 Å². The monoisotopic (exact) mass is 357 g/mol. The van der Waals surface area contributed by atoms with Crippen LogP contribution in [0, 0.1) is 0 Å². The van der Waals surface area contributed by atoms with E-state index in [9.17, 15) is 4.79 Å². The first kappa shape index (κ1) is 20.1. The molecule has 0 fully saturated rings. The minimum Gasteiger partial charge on any atom is -0.433 e. The molecule has 1 unspecified atom stereocenters. The fourth-order valence-electron chi connectivity index (χ4n) is 2.37. The quantitative estimate of drug-likeness (QED) is 0.425. The highest BCUT2D eigenvalue weighted by Gasteiger charge is 2.09. The highest BCUT2D eigenvalue weighted by molar-refractivity contribution is 5.87. The molecule has 0 aliphatic carbocycles. The standard InChI is InChI=1S/C21H27NO4/c1-19(26-21(23)13-12-20-10-6-5-7-11-20)25-17-15-22-14-8-3-2-4-9-16-24-18-22/h2-7,9-13,19H,8,14-18H2,1H3/b3-2-,9-4-,13-12+. The largest absolute Gasteiger partial charge is 0.433 e. The summed E-state index contributed by atoms with van der Waals surface area (Å²) in [6.45, 7) is 4.99. The molecule has 26 heavy (non-hydrogen) atoms. The predicted octanol–water partition coefficient (Wildman–Crippen LogP) is 3.40. The van der Waals surface area contributed by atoms with Gasteiger partial charge in [-0.15, -0.1) is 0 Å². The molecule has 1 atom stereocenters. The maximum absolute atomic E-state index is 11.8. The lowest BCUT2D eigenvalue weighted by atomic mass is 10.2. The summed E-state index contributed by atoms with van der Waals surface area (Å²) >= 11 is 0. The van der Waals surface area contributed by atoms with Gasteiger partial charge in [0.05, 0.1) is 19.9 Å². The summed E-state index contributed by atoms with van der Waals surface area (Å²) in [5, 5.41) is 0. The lowest BCUT2D eigenvalue weighted by Gasteiger charge is -2.22. The van der Waals surface area contributed by atoms with Crippen molar-refractivity contribution in [2.75, 3.05) is 33.0 Å². The SMILES string of the molecule is CC(OCCN1CC/C=C\C=C/COC1)OC(=O)/C=C/c1ccccc1. The van der Waals surface area contributed by atoms with E-state index in [1.165, 1.54) is 6.08 Å². The molecule has 0 bridgehead atoms. The zero-order valence-electron chi connectivity index (χ0n) is 15.3. The Balaban J connectivity index is 1.65. The van der Waals surface area contributed by atoms with E-state index in [4.69, 9.17) is 14.2 Å². The summed E-state index contributed by atoms with van der Waals surface area (Å²) in [5.74, 6) is -0.416. The van der Waals surface area contributed by atoms with E-state index in [0.717, 1.165) is 25.1 Å². The van der Waals surface area contributed by atoms with E-state index in [2.05, 4.69) is 11.0 Å². The van der Waals surface area contributed by atoms with Gasteiger partial charge < -0.3 is 14.2 Å². The van der Waals surface area contributed by atoms with Crippen LogP contribution in [0.1, 0.15) is 18.9 Å². The normalized spacial score (nSPS) is 19.7. The van der Waals surface area contributed by atoms with Crippen LogP contribution in [0.15, 0.2) is 60.7 Å². The minimum atomic E-state index is -0.590. The molecule has 5 heteroatoms. The number of rotatable bonds is 7. The van der Waals surface area contributed by atoms with Crippen molar-refractivity contribution in [3.05, 3.63) is 66.3 Å². The van der Waals surface area contributed by atoms with Crippen molar-refractivity contribution in [3.8, 4) is 0 Å². The van der Waals surface area contributed by atoms with Crippen molar-refractivity contribution in [2.45, 2.75) is 19.6 Å². The Morgan fingerprint density at radius 3 is 2.92 bits per heavy atom. The number of allylic oxidation sites excluding steroid dienone is 2. The lowest BCUT2D eigenvalue weighted by molar-refractivity contribution is -0.169. The van der Waals surface area contributed by atoms with Gasteiger partial charge >= 0.3 is 5.97 Å². The first-order chi connectivity index (χ1) is 12.7. The van der Waals surface area contributed by atoms with Crippen LogP contribution in [0.4, 0.5) is 0 Å². The molecule has 140 valence electrons. The molecule has 1 aliphatic rings. The van der Waals surface area contributed by atoms with Crippen LogP contribution < -0.4 is 0 Å². The lowest BCUT2D eigenvalue weighted by Crippen LogP contribution is -2.32. The molecule has 1 aliphatic heterocycles. The fourth-order valence-corrected chi connectivity index (χ4v) is 2.37. The molecule has 0 spiro atoms. The molecule has 0 N–H and O–H groups in total. The first-order valence-corrected chi connectivity index (χ1v) is 8.91. The zero-order chi connectivity index (χ0) is 18.5. The third kappa shape index (κ3) is 8.76. The number of esters is 1. The Bertz CT molecular complexity index is 610. The van der Waals surface area contributed by atoms with Crippen molar-refractivity contribution >= 4 is 12.0 Å². The number of ether oxygens (including phenoxy) is 3. The number of benzene rings is 1. The fraction of sp³-hybridized carbons (Fsp3) is 0.381. The van der Waals surface area contributed by atoms with Crippen LogP contribution >= 0.6 is 0 Å². The number of hydrogen-bond donors (Lipinski definition) is 0. The molecule has 0 amide bonds. The molecular weight excluding hydrogens is 330 g/mol. The Hall–Kier alpha value is -2.21. The van der Waals surface area contributed by atoms with Gasteiger partial charge in [-0.2, -0.15) is 0 Å². The molecule has 5 nitrogen and oxygen atoms in total. The van der Waals surface area contributed by atoms with Crippen LogP contribution in [0.5, 0.6) is 0 Å². The average molecular weight is 357 g/mol. The number of nitrogens with zero attached hydrogens (tertiary/aromatic N) is 1. The third-order valence-electron chi connectivity index (χ3n) is 3.74. The molecular formula is C21H27NO4. The van der Waals surface area contributed by atoms with E-state index in [1.54, 1.807) is 13.0 Å². The second-order valence-corrected chi connectivity index (χ2v) is 5.88. The molecule has 1 heterocycles. The van der Waals surface area contributed by atoms with Crippen LogP contribution in [0.25, 0.3) is 6.08 Å². The predicted molar refractivity (Wildman–Crippen MR) is 102 cm³/mol. The van der Waals surface area contributed by atoms with Crippen molar-refractivity contribution in [1.82, 2.24) is 4.90 Å². The number of hydrogen-bond acceptors (Lipinski definition) is 5. The summed E-state index contributed by atoms with van der Waals surface area (Å²) in [5.41, 5.74) is 0.950. The maximum Gasteiger partial charge on any atom is 0.333 e. The second-order valence-electron chi connectivity index (χ2n) is 5.88. The molecule has 2 rings (SSSR count). The number of carbonyl (C=O) groups excluding carboxylic acids is 1. The number of carbonyl (C=O) groups is 1. The van der Waals surface area contributed by atoms with Crippen LogP contribution in [0.2, 0.25) is 0 Å². The Morgan fingerprint density at radius 1 is 1.27 bits per heavy atom. The van der Waals surface area contributed by atoms with Gasteiger partial charge in [-0.25, -0.2) is 4.79 Å². The smallest absolute Gasteiger partial charge is 0.333 e. The summed E-state index contributed by atoms with van der Waals surface area (Å²) in [7, 11) is 0. The second kappa shape index (κ2) is 12.2. The molecule has 0 saturated carbocycles. The maximum atomic E-state index is 11.8. The molecule has 1 aromatic carbocycles. The Kier molecular flexibility index (Phi) is 9.43. The van der Waals surface area contributed by atoms with Crippen molar-refractivity contribution in [3.63, 3.8) is 0 Å². The van der Waals surface area contributed by atoms with Gasteiger partial charge in [0, 0.05) is 19.2 Å². The van der Waals surface area contributed by atoms with Gasteiger partial charge in [-0.3, -0.25) is 4.90 Å². The summed E-state index contributed by atoms with van der Waals surface area (Å²) < 4.78 is 16.4. The third-order valence-corrected chi connectivity index (χ3v) is 3.74. The van der Waals surface area contributed by atoms with E-state index >= 15 is 0 Å². The molecule has 0 aromatic heterocycles. The van der Waals surface area contributed by atoms with Crippen molar-refractivity contribution in [1.29, 1.82) is 0 Å². The van der Waals surface area contributed by atoms with Gasteiger partial charge in [0.15, 0.2) is 0 Å². The highest BCUT2D eigenvalue weighted by atomic mass is 16.7. The Labute approximate surface area is 155 Å². The summed E-state index contributed by atoms with van der Waals surface area (Å²) in [4.78, 5) is 14.0. The van der Waals surface area contributed by atoms with E-state index in [0.29, 0.717) is 19.9 Å². The van der Waals surface area contributed by atoms with Gasteiger partial charge in [-0.05, 0) is 25.0 Å². The zero-order valence-corrected chi connectivity index (χ0v) is 15.3. The van der Waals surface area contributed by atoms with Crippen LogP contribution in [-0.2, 0) is 19.0 Å². The van der Waals surface area contributed by atoms with Gasteiger partial charge in [-0.1, -0.05) is 54.6 Å². The molecule has 0 saturated heterocycles. The van der Waals surface area contributed by atoms with Crippen LogP contribution in [-0.4, -0.2) is 50.2 Å². The first-order valence-electron chi connectivity index (χ1n) is 8.91. The van der Waals surface area contributed by atoms with Gasteiger partial charge in [0.25, 0.3) is 0 Å². The minimum absolute atomic E-state index is 0.416. The topological polar surface area (TPSA) is 48.0 Å². The average Bonchev–Trinajstić information content (AvgIpc) is 2.66. The summed E-state index contributed by atoms with van der Waals surface area (Å²) in [6, 6.07) is 9.61. The summed E-state index contributed by atoms with van der Waals surface area (Å²) in [6.07, 6.45) is 11.7. The Morgan fingerprint density at radius 2 is 2.08 bits per heavy atom. The van der Waals surface area contributed by atoms with E-state index in [-0.39, 0.29) is 0 Å². The van der Waals surface area contributed by atoms with Crippen molar-refractivity contribution in [2.24, 2.45) is 0 Å². The van der Waals surface area contributed by atoms with Gasteiger partial charge in [0.2, 0.25) is 6.29 Å². The van der Waals surface area contributed by atoms with E-state index in [1.807, 2.05) is 48.6 Å². The molecule has 1 aromatic rings. The van der Waals surface area contributed by atoms with Gasteiger partial charge in [0.1, 0.15) is 0 Å². The molecule has 0 radical (unpaired) electrons. The van der Waals surface area contributed by atoms with E-state index < -0.39 is 12.3 Å². The highest BCUT2D eigenvalue weighted by Crippen LogP contribution is 2.03.